The summed E-state index contributed by atoms with van der Waals surface area (Å²) in [5.41, 5.74) is 0. The first-order valence-corrected chi connectivity index (χ1v) is 3.55. The fourth-order valence-electron chi connectivity index (χ4n) is 1.21. The zero-order chi connectivity index (χ0) is 9.46. The number of rotatable bonds is 0. The SMILES string of the molecule is O[C@H]1[C@H](O)[C@@H](O)[C@H](O)[C@@H](O)[C@H]1O.[H+]. The van der Waals surface area contributed by atoms with Gasteiger partial charge in [0.1, 0.15) is 36.6 Å². The molecule has 0 saturated heterocycles. The van der Waals surface area contributed by atoms with Crippen molar-refractivity contribution < 1.29 is 32.1 Å². The smallest absolute Gasteiger partial charge is 0.387 e. The van der Waals surface area contributed by atoms with Crippen molar-refractivity contribution in [1.82, 2.24) is 0 Å². The summed E-state index contributed by atoms with van der Waals surface area (Å²) in [6, 6.07) is 0. The Balaban J connectivity index is 0.00000144. The van der Waals surface area contributed by atoms with Gasteiger partial charge < -0.3 is 30.6 Å². The van der Waals surface area contributed by atoms with Crippen LogP contribution in [0.4, 0.5) is 0 Å². The Kier molecular flexibility index (Phi) is 2.67. The Bertz CT molecular complexity index is 109. The highest BCUT2D eigenvalue weighted by Crippen LogP contribution is 2.20. The van der Waals surface area contributed by atoms with E-state index in [0.717, 1.165) is 0 Å². The molecule has 12 heavy (non-hydrogen) atoms. The topological polar surface area (TPSA) is 121 Å². The standard InChI is InChI=1S/C6H12O6/c7-1-2(8)4(10)6(12)5(11)3(1)9/h1-12H/p+1/t1-,2-,3-,4+,5-,6-. The fourth-order valence-corrected chi connectivity index (χ4v) is 1.21. The highest BCUT2D eigenvalue weighted by atomic mass is 16.4. The maximum absolute atomic E-state index is 8.97. The minimum atomic E-state index is -1.64. The van der Waals surface area contributed by atoms with Gasteiger partial charge in [-0.05, 0) is 0 Å². The Morgan fingerprint density at radius 1 is 0.417 bits per heavy atom. The van der Waals surface area contributed by atoms with Gasteiger partial charge in [-0.15, -0.1) is 0 Å². The van der Waals surface area contributed by atoms with Crippen molar-refractivity contribution in [2.24, 2.45) is 0 Å². The summed E-state index contributed by atoms with van der Waals surface area (Å²) >= 11 is 0. The molecule has 1 fully saturated rings. The lowest BCUT2D eigenvalue weighted by atomic mass is 9.85. The van der Waals surface area contributed by atoms with E-state index in [4.69, 9.17) is 30.6 Å². The number of aliphatic hydroxyl groups is 6. The maximum atomic E-state index is 8.97. The summed E-state index contributed by atoms with van der Waals surface area (Å²) in [5, 5.41) is 53.8. The van der Waals surface area contributed by atoms with E-state index in [1.54, 1.807) is 0 Å². The third-order valence-corrected chi connectivity index (χ3v) is 2.10. The first kappa shape index (κ1) is 9.85. The van der Waals surface area contributed by atoms with Crippen LogP contribution >= 0.6 is 0 Å². The van der Waals surface area contributed by atoms with Crippen LogP contribution in [0, 0.1) is 0 Å². The number of hydrogen-bond donors (Lipinski definition) is 6. The average Bonchev–Trinajstić information content (AvgIpc) is 2.08. The van der Waals surface area contributed by atoms with Gasteiger partial charge in [0.15, 0.2) is 0 Å². The molecular formula is C6H13O6+. The summed E-state index contributed by atoms with van der Waals surface area (Å²) in [4.78, 5) is 0. The minimum absolute atomic E-state index is 0. The Labute approximate surface area is 69.8 Å². The van der Waals surface area contributed by atoms with E-state index >= 15 is 0 Å². The van der Waals surface area contributed by atoms with Gasteiger partial charge in [0.25, 0.3) is 0 Å². The molecule has 0 aliphatic heterocycles. The minimum Gasteiger partial charge on any atom is -0.387 e. The number of aliphatic hydroxyl groups excluding tert-OH is 6. The van der Waals surface area contributed by atoms with Crippen LogP contribution in [0.1, 0.15) is 1.43 Å². The van der Waals surface area contributed by atoms with Crippen molar-refractivity contribution in [3.8, 4) is 0 Å². The molecular weight excluding hydrogens is 168 g/mol. The van der Waals surface area contributed by atoms with Crippen molar-refractivity contribution in [1.29, 1.82) is 0 Å². The van der Waals surface area contributed by atoms with Crippen LogP contribution in [0.25, 0.3) is 0 Å². The van der Waals surface area contributed by atoms with Crippen molar-refractivity contribution in [2.45, 2.75) is 36.6 Å². The van der Waals surface area contributed by atoms with Gasteiger partial charge in [-0.3, -0.25) is 0 Å². The van der Waals surface area contributed by atoms with E-state index in [0.29, 0.717) is 0 Å². The van der Waals surface area contributed by atoms with Crippen LogP contribution in [0.15, 0.2) is 0 Å². The quantitative estimate of drug-likeness (QED) is 0.228. The normalized spacial score (nSPS) is 55.5. The molecule has 0 aromatic heterocycles. The van der Waals surface area contributed by atoms with Gasteiger partial charge in [-0.1, -0.05) is 0 Å². The van der Waals surface area contributed by atoms with Gasteiger partial charge in [-0.25, -0.2) is 0 Å². The summed E-state index contributed by atoms with van der Waals surface area (Å²) in [6.45, 7) is 0. The van der Waals surface area contributed by atoms with Crippen LogP contribution in [0.2, 0.25) is 0 Å². The fraction of sp³-hybridized carbons (Fsp3) is 1.00. The Morgan fingerprint density at radius 3 is 0.583 bits per heavy atom. The molecule has 0 unspecified atom stereocenters. The highest BCUT2D eigenvalue weighted by Gasteiger charge is 2.47. The van der Waals surface area contributed by atoms with Gasteiger partial charge in [0, 0.05) is 0 Å². The van der Waals surface area contributed by atoms with E-state index in [1.807, 2.05) is 0 Å². The van der Waals surface area contributed by atoms with Crippen molar-refractivity contribution in [3.05, 3.63) is 0 Å². The monoisotopic (exact) mass is 181 g/mol. The second-order valence-electron chi connectivity index (χ2n) is 2.94. The van der Waals surface area contributed by atoms with E-state index < -0.39 is 36.6 Å². The molecule has 1 aliphatic carbocycles. The largest absolute Gasteiger partial charge is 1.00 e. The first-order chi connectivity index (χ1) is 5.46. The molecule has 0 bridgehead atoms. The number of hydrogen-bond acceptors (Lipinski definition) is 6. The van der Waals surface area contributed by atoms with Crippen LogP contribution in [0.5, 0.6) is 0 Å². The van der Waals surface area contributed by atoms with Gasteiger partial charge in [0.2, 0.25) is 0 Å². The van der Waals surface area contributed by atoms with Gasteiger partial charge in [0.05, 0.1) is 0 Å². The zero-order valence-electron chi connectivity index (χ0n) is 7.15. The molecule has 0 heterocycles. The van der Waals surface area contributed by atoms with Crippen LogP contribution in [0.3, 0.4) is 0 Å². The lowest BCUT2D eigenvalue weighted by Gasteiger charge is -2.39. The van der Waals surface area contributed by atoms with E-state index in [1.165, 1.54) is 0 Å². The molecule has 6 N–H and O–H groups in total. The summed E-state index contributed by atoms with van der Waals surface area (Å²) in [6.07, 6.45) is -9.84. The van der Waals surface area contributed by atoms with Crippen LogP contribution < -0.4 is 0 Å². The molecule has 0 aromatic rings. The predicted molar refractivity (Wildman–Crippen MR) is 37.2 cm³/mol. The lowest BCUT2D eigenvalue weighted by molar-refractivity contribution is -0.223. The lowest BCUT2D eigenvalue weighted by Crippen LogP contribution is -2.63. The molecule has 6 nitrogen and oxygen atoms in total. The van der Waals surface area contributed by atoms with Crippen LogP contribution in [-0.2, 0) is 0 Å². The highest BCUT2D eigenvalue weighted by molar-refractivity contribution is 4.98. The van der Waals surface area contributed by atoms with Crippen molar-refractivity contribution in [2.75, 3.05) is 0 Å². The van der Waals surface area contributed by atoms with Crippen LogP contribution in [-0.4, -0.2) is 67.3 Å². The third kappa shape index (κ3) is 1.33. The van der Waals surface area contributed by atoms with Gasteiger partial charge >= 0.3 is 1.43 Å². The summed E-state index contributed by atoms with van der Waals surface area (Å²) < 4.78 is 0. The molecule has 6 heteroatoms. The molecule has 1 aliphatic rings. The predicted octanol–water partition coefficient (Wildman–Crippen LogP) is -3.72. The molecule has 0 amide bonds. The van der Waals surface area contributed by atoms with Gasteiger partial charge in [-0.2, -0.15) is 0 Å². The molecule has 1 saturated carbocycles. The first-order valence-electron chi connectivity index (χ1n) is 3.55. The van der Waals surface area contributed by atoms with Crippen molar-refractivity contribution >= 4 is 0 Å². The molecule has 72 valence electrons. The molecule has 0 spiro atoms. The van der Waals surface area contributed by atoms with E-state index in [-0.39, 0.29) is 1.43 Å². The Hall–Kier alpha value is -0.240. The summed E-state index contributed by atoms with van der Waals surface area (Å²) in [5.74, 6) is 0. The molecule has 0 atom stereocenters. The second-order valence-corrected chi connectivity index (χ2v) is 2.94. The third-order valence-electron chi connectivity index (χ3n) is 2.10. The van der Waals surface area contributed by atoms with E-state index in [9.17, 15) is 0 Å². The van der Waals surface area contributed by atoms with E-state index in [2.05, 4.69) is 0 Å². The summed E-state index contributed by atoms with van der Waals surface area (Å²) in [7, 11) is 0. The molecule has 1 rings (SSSR count). The Morgan fingerprint density at radius 2 is 0.500 bits per heavy atom. The molecule has 0 aromatic carbocycles. The van der Waals surface area contributed by atoms with Crippen molar-refractivity contribution in [3.63, 3.8) is 0 Å². The molecule has 0 radical (unpaired) electrons. The maximum Gasteiger partial charge on any atom is 1.00 e. The second kappa shape index (κ2) is 3.25. The zero-order valence-corrected chi connectivity index (χ0v) is 6.15. The average molecular weight is 181 g/mol.